The molecule has 2 amide bonds. The molecule has 0 aliphatic carbocycles. The molecule has 8 nitrogen and oxygen atoms in total. The topological polar surface area (TPSA) is 87.7 Å². The Labute approximate surface area is 172 Å². The van der Waals surface area contributed by atoms with Crippen LogP contribution in [-0.2, 0) is 20.9 Å². The molecule has 0 bridgehead atoms. The fourth-order valence-electron chi connectivity index (χ4n) is 2.55. The second-order valence-electron chi connectivity index (χ2n) is 6.24. The fourth-order valence-corrected chi connectivity index (χ4v) is 4.24. The van der Waals surface area contributed by atoms with E-state index in [1.807, 2.05) is 30.3 Å². The first kappa shape index (κ1) is 20.6. The number of nitrogens with one attached hydrogen (secondary N) is 1. The number of amides is 2. The predicted molar refractivity (Wildman–Crippen MR) is 109 cm³/mol. The highest BCUT2D eigenvalue weighted by Gasteiger charge is 2.20. The van der Waals surface area contributed by atoms with Crippen LogP contribution in [0.25, 0.3) is 0 Å². The van der Waals surface area contributed by atoms with Crippen molar-refractivity contribution < 1.29 is 14.3 Å². The van der Waals surface area contributed by atoms with Gasteiger partial charge in [-0.25, -0.2) is 0 Å². The second-order valence-corrected chi connectivity index (χ2v) is 8.44. The molecular weight excluding hydrogens is 398 g/mol. The highest BCUT2D eigenvalue weighted by molar-refractivity contribution is 8.01. The first-order valence-electron chi connectivity index (χ1n) is 8.95. The van der Waals surface area contributed by atoms with Crippen LogP contribution >= 0.6 is 23.1 Å². The first-order chi connectivity index (χ1) is 13.6. The zero-order valence-electron chi connectivity index (χ0n) is 15.7. The molecular formula is C18H23N5O3S2. The van der Waals surface area contributed by atoms with E-state index >= 15 is 0 Å². The lowest BCUT2D eigenvalue weighted by Crippen LogP contribution is -2.46. The minimum Gasteiger partial charge on any atom is -0.378 e. The molecule has 10 heteroatoms. The van der Waals surface area contributed by atoms with Crippen LogP contribution in [0.2, 0.25) is 0 Å². The van der Waals surface area contributed by atoms with Crippen LogP contribution in [0.15, 0.2) is 34.7 Å². The average Bonchev–Trinajstić information content (AvgIpc) is 3.19. The van der Waals surface area contributed by atoms with Gasteiger partial charge < -0.3 is 19.9 Å². The van der Waals surface area contributed by atoms with E-state index in [9.17, 15) is 9.59 Å². The number of benzene rings is 1. The van der Waals surface area contributed by atoms with Gasteiger partial charge in [-0.15, -0.1) is 10.2 Å². The molecule has 2 heterocycles. The molecule has 1 aliphatic heterocycles. The van der Waals surface area contributed by atoms with Crippen molar-refractivity contribution in [3.8, 4) is 0 Å². The monoisotopic (exact) mass is 421 g/mol. The van der Waals surface area contributed by atoms with Crippen molar-refractivity contribution in [2.75, 3.05) is 51.0 Å². The van der Waals surface area contributed by atoms with Gasteiger partial charge in [-0.05, 0) is 5.56 Å². The van der Waals surface area contributed by atoms with E-state index in [1.54, 1.807) is 11.9 Å². The Balaban J connectivity index is 1.40. The Morgan fingerprint density at radius 2 is 2.00 bits per heavy atom. The third kappa shape index (κ3) is 6.18. The van der Waals surface area contributed by atoms with E-state index in [0.29, 0.717) is 32.8 Å². The quantitative estimate of drug-likeness (QED) is 0.647. The van der Waals surface area contributed by atoms with Gasteiger partial charge in [0.25, 0.3) is 0 Å². The third-order valence-corrected chi connectivity index (χ3v) is 6.17. The number of ether oxygens (including phenoxy) is 1. The SMILES string of the molecule is CN(CC(=O)N1CCOCC1)C(=O)CSc1nnc(NCc2ccccc2)s1. The number of likely N-dealkylation sites (N-methyl/N-ethyl adjacent to an activating group) is 1. The maximum Gasteiger partial charge on any atom is 0.242 e. The van der Waals surface area contributed by atoms with Crippen LogP contribution < -0.4 is 5.32 Å². The molecule has 0 atom stereocenters. The van der Waals surface area contributed by atoms with Gasteiger partial charge in [0.1, 0.15) is 0 Å². The molecule has 0 radical (unpaired) electrons. The van der Waals surface area contributed by atoms with Crippen molar-refractivity contribution >= 4 is 40.0 Å². The van der Waals surface area contributed by atoms with Gasteiger partial charge in [-0.2, -0.15) is 0 Å². The Morgan fingerprint density at radius 1 is 1.25 bits per heavy atom. The molecule has 1 N–H and O–H groups in total. The van der Waals surface area contributed by atoms with E-state index in [0.717, 1.165) is 15.0 Å². The number of anilines is 1. The lowest BCUT2D eigenvalue weighted by molar-refractivity contribution is -0.140. The van der Waals surface area contributed by atoms with Crippen LogP contribution in [-0.4, -0.2) is 77.5 Å². The molecule has 0 spiro atoms. The van der Waals surface area contributed by atoms with Crippen molar-refractivity contribution in [1.29, 1.82) is 0 Å². The Hall–Kier alpha value is -2.17. The summed E-state index contributed by atoms with van der Waals surface area (Å²) in [5, 5.41) is 12.2. The van der Waals surface area contributed by atoms with Gasteiger partial charge in [0, 0.05) is 26.7 Å². The van der Waals surface area contributed by atoms with Gasteiger partial charge in [0.05, 0.1) is 25.5 Å². The standard InChI is InChI=1S/C18H23N5O3S2/c1-22(12-15(24)23-7-9-26-10-8-23)16(25)13-27-18-21-20-17(28-18)19-11-14-5-3-2-4-6-14/h2-6H,7-13H2,1H3,(H,19,20). The lowest BCUT2D eigenvalue weighted by atomic mass is 10.2. The smallest absolute Gasteiger partial charge is 0.242 e. The average molecular weight is 422 g/mol. The van der Waals surface area contributed by atoms with Gasteiger partial charge in [-0.1, -0.05) is 53.4 Å². The summed E-state index contributed by atoms with van der Waals surface area (Å²) in [5.74, 6) is 0.0632. The number of carbonyl (C=O) groups excluding carboxylic acids is 2. The van der Waals surface area contributed by atoms with Crippen molar-refractivity contribution in [1.82, 2.24) is 20.0 Å². The number of carbonyl (C=O) groups is 2. The summed E-state index contributed by atoms with van der Waals surface area (Å²) >= 11 is 2.74. The molecule has 1 saturated heterocycles. The maximum atomic E-state index is 12.3. The highest BCUT2D eigenvalue weighted by atomic mass is 32.2. The Kier molecular flexibility index (Phi) is 7.63. The van der Waals surface area contributed by atoms with Crippen LogP contribution in [0, 0.1) is 0 Å². The molecule has 3 rings (SSSR count). The minimum atomic E-state index is -0.111. The molecule has 2 aromatic rings. The Bertz CT molecular complexity index is 781. The fraction of sp³-hybridized carbons (Fsp3) is 0.444. The number of thioether (sulfide) groups is 1. The van der Waals surface area contributed by atoms with E-state index in [-0.39, 0.29) is 24.1 Å². The molecule has 150 valence electrons. The summed E-state index contributed by atoms with van der Waals surface area (Å²) < 4.78 is 5.96. The summed E-state index contributed by atoms with van der Waals surface area (Å²) in [6, 6.07) is 10.0. The van der Waals surface area contributed by atoms with E-state index in [2.05, 4.69) is 15.5 Å². The molecule has 1 fully saturated rings. The van der Waals surface area contributed by atoms with Crippen molar-refractivity contribution in [3.63, 3.8) is 0 Å². The molecule has 28 heavy (non-hydrogen) atoms. The number of hydrogen-bond acceptors (Lipinski definition) is 8. The van der Waals surface area contributed by atoms with Crippen LogP contribution in [0.1, 0.15) is 5.56 Å². The lowest BCUT2D eigenvalue weighted by Gasteiger charge is -2.28. The van der Waals surface area contributed by atoms with Crippen molar-refractivity contribution in [2.24, 2.45) is 0 Å². The van der Waals surface area contributed by atoms with E-state index < -0.39 is 0 Å². The van der Waals surface area contributed by atoms with Gasteiger partial charge in [0.2, 0.25) is 16.9 Å². The van der Waals surface area contributed by atoms with Gasteiger partial charge in [0.15, 0.2) is 4.34 Å². The molecule has 1 aliphatic rings. The predicted octanol–water partition coefficient (Wildman–Crippen LogP) is 1.56. The molecule has 1 aromatic heterocycles. The molecule has 0 unspecified atom stereocenters. The number of aromatic nitrogens is 2. The largest absolute Gasteiger partial charge is 0.378 e. The number of morpholine rings is 1. The number of rotatable bonds is 8. The zero-order valence-corrected chi connectivity index (χ0v) is 17.3. The van der Waals surface area contributed by atoms with Gasteiger partial charge >= 0.3 is 0 Å². The van der Waals surface area contributed by atoms with Crippen molar-refractivity contribution in [2.45, 2.75) is 10.9 Å². The Morgan fingerprint density at radius 3 is 2.75 bits per heavy atom. The number of hydrogen-bond donors (Lipinski definition) is 1. The summed E-state index contributed by atoms with van der Waals surface area (Å²) in [7, 11) is 1.65. The molecule has 0 saturated carbocycles. The highest BCUT2D eigenvalue weighted by Crippen LogP contribution is 2.25. The van der Waals surface area contributed by atoms with Crippen LogP contribution in [0.3, 0.4) is 0 Å². The third-order valence-electron chi connectivity index (χ3n) is 4.17. The second kappa shape index (κ2) is 10.4. The van der Waals surface area contributed by atoms with Crippen molar-refractivity contribution in [3.05, 3.63) is 35.9 Å². The normalized spacial score (nSPS) is 14.0. The van der Waals surface area contributed by atoms with Crippen LogP contribution in [0.4, 0.5) is 5.13 Å². The van der Waals surface area contributed by atoms with E-state index in [4.69, 9.17) is 4.74 Å². The summed E-state index contributed by atoms with van der Waals surface area (Å²) in [4.78, 5) is 27.7. The first-order valence-corrected chi connectivity index (χ1v) is 10.8. The zero-order chi connectivity index (χ0) is 19.8. The summed E-state index contributed by atoms with van der Waals surface area (Å²) in [6.07, 6.45) is 0. The summed E-state index contributed by atoms with van der Waals surface area (Å²) in [6.45, 7) is 3.02. The maximum absolute atomic E-state index is 12.3. The minimum absolute atomic E-state index is 0.0486. The van der Waals surface area contributed by atoms with Gasteiger partial charge in [-0.3, -0.25) is 9.59 Å². The molecule has 1 aromatic carbocycles. The number of nitrogens with zero attached hydrogens (tertiary/aromatic N) is 4. The summed E-state index contributed by atoms with van der Waals surface area (Å²) in [5.41, 5.74) is 1.16. The van der Waals surface area contributed by atoms with Crippen LogP contribution in [0.5, 0.6) is 0 Å². The van der Waals surface area contributed by atoms with E-state index in [1.165, 1.54) is 28.0 Å².